The Morgan fingerprint density at radius 3 is 2.62 bits per heavy atom. The van der Waals surface area contributed by atoms with E-state index in [0.29, 0.717) is 10.9 Å². The molecule has 6 nitrogen and oxygen atoms in total. The average molecular weight is 341 g/mol. The first-order valence-electron chi connectivity index (χ1n) is 7.21. The number of halogens is 3. The number of rotatable bonds is 2. The Bertz CT molecular complexity index is 815. The quantitative estimate of drug-likeness (QED) is 0.877. The number of carboxylic acid groups (broad SMARTS) is 1. The maximum absolute atomic E-state index is 13.1. The molecule has 0 bridgehead atoms. The number of nitrogens with one attached hydrogen (secondary N) is 1. The van der Waals surface area contributed by atoms with Gasteiger partial charge in [0.2, 0.25) is 0 Å². The van der Waals surface area contributed by atoms with Gasteiger partial charge in [-0.2, -0.15) is 18.3 Å². The molecule has 128 valence electrons. The van der Waals surface area contributed by atoms with Crippen LogP contribution >= 0.6 is 0 Å². The van der Waals surface area contributed by atoms with Gasteiger partial charge >= 0.3 is 12.1 Å². The van der Waals surface area contributed by atoms with Crippen LogP contribution in [0.1, 0.15) is 15.9 Å². The van der Waals surface area contributed by atoms with Crippen molar-refractivity contribution in [3.05, 3.63) is 29.5 Å². The van der Waals surface area contributed by atoms with Crippen molar-refractivity contribution in [2.45, 2.75) is 13.1 Å². The van der Waals surface area contributed by atoms with E-state index >= 15 is 0 Å². The number of aryl methyl sites for hydroxylation is 1. The van der Waals surface area contributed by atoms with E-state index in [1.807, 2.05) is 0 Å². The molecule has 1 fully saturated rings. The van der Waals surface area contributed by atoms with Gasteiger partial charge in [0.15, 0.2) is 0 Å². The van der Waals surface area contributed by atoms with Crippen LogP contribution in [0.25, 0.3) is 10.9 Å². The zero-order valence-electron chi connectivity index (χ0n) is 12.6. The Morgan fingerprint density at radius 2 is 2.04 bits per heavy atom. The van der Waals surface area contributed by atoms with Crippen LogP contribution in [0.3, 0.4) is 0 Å². The zero-order chi connectivity index (χ0) is 17.6. The molecule has 9 heteroatoms. The van der Waals surface area contributed by atoms with Crippen LogP contribution in [0, 0.1) is 18.8 Å². The summed E-state index contributed by atoms with van der Waals surface area (Å²) in [5.74, 6) is -5.91. The molecular weight excluding hydrogens is 327 g/mol. The Balaban J connectivity index is 1.95. The number of nitrogens with zero attached hydrogens (tertiary/aromatic N) is 2. The van der Waals surface area contributed by atoms with Crippen molar-refractivity contribution in [1.82, 2.24) is 15.1 Å². The molecular formula is C15H14F3N3O3. The highest BCUT2D eigenvalue weighted by Gasteiger charge is 2.53. The van der Waals surface area contributed by atoms with E-state index in [4.69, 9.17) is 5.11 Å². The summed E-state index contributed by atoms with van der Waals surface area (Å²) in [4.78, 5) is 24.8. The highest BCUT2D eigenvalue weighted by Crippen LogP contribution is 2.38. The van der Waals surface area contributed by atoms with Gasteiger partial charge in [-0.3, -0.25) is 14.7 Å². The molecule has 2 N–H and O–H groups in total. The van der Waals surface area contributed by atoms with Gasteiger partial charge in [-0.15, -0.1) is 0 Å². The minimum Gasteiger partial charge on any atom is -0.481 e. The summed E-state index contributed by atoms with van der Waals surface area (Å²) >= 11 is 0. The predicted octanol–water partition coefficient (Wildman–Crippen LogP) is 2.21. The second kappa shape index (κ2) is 5.50. The number of hydrogen-bond acceptors (Lipinski definition) is 3. The van der Waals surface area contributed by atoms with Crippen molar-refractivity contribution in [3.8, 4) is 0 Å². The number of aromatic amines is 1. The predicted molar refractivity (Wildman–Crippen MR) is 77.4 cm³/mol. The lowest BCUT2D eigenvalue weighted by Crippen LogP contribution is -2.34. The van der Waals surface area contributed by atoms with Gasteiger partial charge in [-0.05, 0) is 24.6 Å². The summed E-state index contributed by atoms with van der Waals surface area (Å²) in [5.41, 5.74) is 1.37. The number of H-pyrrole nitrogens is 1. The van der Waals surface area contributed by atoms with Gasteiger partial charge in [0.05, 0.1) is 29.1 Å². The number of likely N-dealkylation sites (tertiary alicyclic amines) is 1. The molecule has 1 saturated heterocycles. The van der Waals surface area contributed by atoms with E-state index in [0.717, 1.165) is 10.5 Å². The minimum absolute atomic E-state index is 0.189. The molecule has 0 saturated carbocycles. The largest absolute Gasteiger partial charge is 0.481 e. The fourth-order valence-electron chi connectivity index (χ4n) is 3.10. The van der Waals surface area contributed by atoms with Crippen LogP contribution in [-0.4, -0.2) is 51.3 Å². The van der Waals surface area contributed by atoms with E-state index < -0.39 is 43.0 Å². The maximum Gasteiger partial charge on any atom is 0.394 e. The third-order valence-corrected chi connectivity index (χ3v) is 4.27. The van der Waals surface area contributed by atoms with Gasteiger partial charge in [-0.1, -0.05) is 0 Å². The molecule has 2 atom stereocenters. The molecule has 3 rings (SSSR count). The first-order valence-corrected chi connectivity index (χ1v) is 7.21. The van der Waals surface area contributed by atoms with Crippen molar-refractivity contribution >= 4 is 22.8 Å². The molecule has 0 radical (unpaired) electrons. The van der Waals surface area contributed by atoms with Gasteiger partial charge in [0.25, 0.3) is 5.91 Å². The van der Waals surface area contributed by atoms with E-state index in [9.17, 15) is 22.8 Å². The highest BCUT2D eigenvalue weighted by molar-refractivity contribution is 6.06. The van der Waals surface area contributed by atoms with E-state index in [-0.39, 0.29) is 5.56 Å². The summed E-state index contributed by atoms with van der Waals surface area (Å²) in [7, 11) is 0. The van der Waals surface area contributed by atoms with Gasteiger partial charge in [0.1, 0.15) is 0 Å². The number of carbonyl (C=O) groups is 2. The lowest BCUT2D eigenvalue weighted by Gasteiger charge is -2.18. The third-order valence-electron chi connectivity index (χ3n) is 4.27. The van der Waals surface area contributed by atoms with Crippen molar-refractivity contribution in [2.75, 3.05) is 13.1 Å². The Morgan fingerprint density at radius 1 is 1.33 bits per heavy atom. The lowest BCUT2D eigenvalue weighted by molar-refractivity contribution is -0.187. The molecule has 0 aliphatic carbocycles. The molecule has 1 aliphatic rings. The van der Waals surface area contributed by atoms with Gasteiger partial charge in [-0.25, -0.2) is 0 Å². The third kappa shape index (κ3) is 2.70. The molecule has 0 spiro atoms. The molecule has 2 aromatic rings. The monoisotopic (exact) mass is 341 g/mol. The molecule has 1 aromatic heterocycles. The summed E-state index contributed by atoms with van der Waals surface area (Å²) in [6.45, 7) is 0.622. The second-order valence-corrected chi connectivity index (χ2v) is 5.95. The van der Waals surface area contributed by atoms with Crippen molar-refractivity contribution in [3.63, 3.8) is 0 Å². The van der Waals surface area contributed by atoms with E-state index in [2.05, 4.69) is 10.2 Å². The van der Waals surface area contributed by atoms with Gasteiger partial charge in [0, 0.05) is 18.5 Å². The van der Waals surface area contributed by atoms with Crippen LogP contribution in [0.15, 0.2) is 18.3 Å². The molecule has 1 amide bonds. The fraction of sp³-hybridized carbons (Fsp3) is 0.400. The molecule has 2 heterocycles. The van der Waals surface area contributed by atoms with Crippen molar-refractivity contribution < 1.29 is 27.9 Å². The number of hydrogen-bond donors (Lipinski definition) is 2. The Hall–Kier alpha value is -2.58. The molecule has 1 aromatic carbocycles. The number of carbonyl (C=O) groups excluding carboxylic acids is 1. The Labute approximate surface area is 134 Å². The number of amides is 1. The first kappa shape index (κ1) is 16.3. The maximum atomic E-state index is 13.1. The first-order chi connectivity index (χ1) is 11.2. The number of benzene rings is 1. The van der Waals surface area contributed by atoms with E-state index in [1.54, 1.807) is 19.1 Å². The van der Waals surface area contributed by atoms with Crippen LogP contribution < -0.4 is 0 Å². The van der Waals surface area contributed by atoms with Crippen LogP contribution in [-0.2, 0) is 4.79 Å². The highest BCUT2D eigenvalue weighted by atomic mass is 19.4. The number of aromatic nitrogens is 2. The number of fused-ring (bicyclic) bond motifs is 1. The minimum atomic E-state index is -4.67. The van der Waals surface area contributed by atoms with E-state index in [1.165, 1.54) is 6.20 Å². The summed E-state index contributed by atoms with van der Waals surface area (Å²) in [6.07, 6.45) is -3.16. The smallest absolute Gasteiger partial charge is 0.394 e. The second-order valence-electron chi connectivity index (χ2n) is 5.95. The van der Waals surface area contributed by atoms with Crippen molar-refractivity contribution in [2.24, 2.45) is 11.8 Å². The molecule has 24 heavy (non-hydrogen) atoms. The number of aliphatic carboxylic acids is 1. The molecule has 0 unspecified atom stereocenters. The SMILES string of the molecule is Cc1cc(C(=O)N2C[C@@H](C(F)(F)F)[C@H](C(=O)O)C2)c2[nH]ncc2c1. The summed E-state index contributed by atoms with van der Waals surface area (Å²) in [6, 6.07) is 3.34. The zero-order valence-corrected chi connectivity index (χ0v) is 12.6. The number of carboxylic acids is 1. The topological polar surface area (TPSA) is 86.3 Å². The van der Waals surface area contributed by atoms with Crippen LogP contribution in [0.4, 0.5) is 13.2 Å². The normalized spacial score (nSPS) is 21.4. The van der Waals surface area contributed by atoms with Gasteiger partial charge < -0.3 is 10.0 Å². The fourth-order valence-corrected chi connectivity index (χ4v) is 3.10. The summed E-state index contributed by atoms with van der Waals surface area (Å²) < 4.78 is 39.2. The average Bonchev–Trinajstić information content (AvgIpc) is 3.11. The van der Waals surface area contributed by atoms with Crippen LogP contribution in [0.5, 0.6) is 0 Å². The van der Waals surface area contributed by atoms with Crippen molar-refractivity contribution in [1.29, 1.82) is 0 Å². The Kier molecular flexibility index (Phi) is 3.73. The standard InChI is InChI=1S/C15H14F3N3O3/c1-7-2-8-4-19-20-12(8)9(3-7)13(22)21-5-10(14(23)24)11(6-21)15(16,17)18/h2-4,10-11H,5-6H2,1H3,(H,19,20)(H,23,24)/t10-,11-/m1/s1. The molecule has 1 aliphatic heterocycles. The lowest BCUT2D eigenvalue weighted by atomic mass is 9.96. The van der Waals surface area contributed by atoms with Crippen LogP contribution in [0.2, 0.25) is 0 Å². The summed E-state index contributed by atoms with van der Waals surface area (Å²) in [5, 5.41) is 16.2. The number of alkyl halides is 3.